The molecule has 5 heteroatoms. The first kappa shape index (κ1) is 9.26. The average molecular weight is 199 g/mol. The van der Waals surface area contributed by atoms with Crippen LogP contribution in [0.3, 0.4) is 0 Å². The number of nitrogens with two attached hydrogens (primary N) is 1. The van der Waals surface area contributed by atoms with Gasteiger partial charge in [0, 0.05) is 29.7 Å². The van der Waals surface area contributed by atoms with Crippen LogP contribution in [0.1, 0.15) is 0 Å². The molecule has 74 valence electrons. The summed E-state index contributed by atoms with van der Waals surface area (Å²) in [6, 6.07) is 3.73. The number of hydrogen-bond acceptors (Lipinski definition) is 5. The Morgan fingerprint density at radius 1 is 1.33 bits per heavy atom. The maximum atomic E-state index is 5.46. The van der Waals surface area contributed by atoms with Gasteiger partial charge >= 0.3 is 0 Å². The van der Waals surface area contributed by atoms with Crippen LogP contribution in [0.15, 0.2) is 35.7 Å². The smallest absolute Gasteiger partial charge is 0.222 e. The van der Waals surface area contributed by atoms with Crippen LogP contribution in [-0.4, -0.2) is 21.7 Å². The molecule has 0 spiro atoms. The molecule has 0 saturated carbocycles. The van der Waals surface area contributed by atoms with E-state index < -0.39 is 0 Å². The van der Waals surface area contributed by atoms with Gasteiger partial charge in [0.25, 0.3) is 0 Å². The topological polar surface area (TPSA) is 77.0 Å². The molecular formula is C10H9N5. The Labute approximate surface area is 86.7 Å². The summed E-state index contributed by atoms with van der Waals surface area (Å²) in [6.07, 6.45) is 5.02. The fourth-order valence-corrected chi connectivity index (χ4v) is 1.23. The van der Waals surface area contributed by atoms with E-state index in [4.69, 9.17) is 5.73 Å². The lowest BCUT2D eigenvalue weighted by Gasteiger charge is -2.03. The standard InChI is InChI=1S/C10H9N5/c1-12-9-8(6-14-10(11)15-9)7-3-2-4-13-5-7/h2-6H,1H2,(H2,11,14,15). The van der Waals surface area contributed by atoms with E-state index >= 15 is 0 Å². The van der Waals surface area contributed by atoms with Gasteiger partial charge in [-0.15, -0.1) is 0 Å². The molecule has 0 unspecified atom stereocenters. The molecule has 2 N–H and O–H groups in total. The first-order valence-corrected chi connectivity index (χ1v) is 4.31. The maximum Gasteiger partial charge on any atom is 0.222 e. The van der Waals surface area contributed by atoms with Gasteiger partial charge in [0.15, 0.2) is 5.82 Å². The highest BCUT2D eigenvalue weighted by molar-refractivity contribution is 5.73. The highest BCUT2D eigenvalue weighted by Crippen LogP contribution is 2.26. The third-order valence-corrected chi connectivity index (χ3v) is 1.91. The zero-order valence-corrected chi connectivity index (χ0v) is 7.96. The van der Waals surface area contributed by atoms with Gasteiger partial charge < -0.3 is 5.73 Å². The minimum Gasteiger partial charge on any atom is -0.368 e. The van der Waals surface area contributed by atoms with Crippen molar-refractivity contribution in [3.05, 3.63) is 30.7 Å². The summed E-state index contributed by atoms with van der Waals surface area (Å²) in [5, 5.41) is 0. The van der Waals surface area contributed by atoms with Gasteiger partial charge in [0.2, 0.25) is 5.95 Å². The van der Waals surface area contributed by atoms with E-state index in [1.807, 2.05) is 12.1 Å². The second-order valence-electron chi connectivity index (χ2n) is 2.87. The summed E-state index contributed by atoms with van der Waals surface area (Å²) in [4.78, 5) is 15.7. The largest absolute Gasteiger partial charge is 0.368 e. The molecule has 0 fully saturated rings. The Morgan fingerprint density at radius 3 is 2.87 bits per heavy atom. The lowest BCUT2D eigenvalue weighted by Crippen LogP contribution is -1.95. The Morgan fingerprint density at radius 2 is 2.20 bits per heavy atom. The highest BCUT2D eigenvalue weighted by atomic mass is 15.0. The van der Waals surface area contributed by atoms with Gasteiger partial charge in [-0.25, -0.2) is 9.98 Å². The van der Waals surface area contributed by atoms with Gasteiger partial charge in [-0.3, -0.25) is 4.98 Å². The van der Waals surface area contributed by atoms with E-state index in [1.54, 1.807) is 18.6 Å². The van der Waals surface area contributed by atoms with Crippen LogP contribution in [0.5, 0.6) is 0 Å². The minimum atomic E-state index is 0.185. The number of nitrogen functional groups attached to an aromatic ring is 1. The number of hydrogen-bond donors (Lipinski definition) is 1. The lowest BCUT2D eigenvalue weighted by molar-refractivity contribution is 1.17. The summed E-state index contributed by atoms with van der Waals surface area (Å²) >= 11 is 0. The molecule has 15 heavy (non-hydrogen) atoms. The number of rotatable bonds is 2. The van der Waals surface area contributed by atoms with Gasteiger partial charge in [0.05, 0.1) is 0 Å². The predicted molar refractivity (Wildman–Crippen MR) is 58.9 cm³/mol. The monoisotopic (exact) mass is 199 g/mol. The summed E-state index contributed by atoms with van der Waals surface area (Å²) in [5.41, 5.74) is 7.11. The van der Waals surface area contributed by atoms with E-state index in [2.05, 4.69) is 26.7 Å². The molecule has 0 aliphatic carbocycles. The van der Waals surface area contributed by atoms with Crippen molar-refractivity contribution in [2.24, 2.45) is 4.99 Å². The summed E-state index contributed by atoms with van der Waals surface area (Å²) < 4.78 is 0. The number of nitrogens with zero attached hydrogens (tertiary/aromatic N) is 4. The van der Waals surface area contributed by atoms with Crippen molar-refractivity contribution in [1.82, 2.24) is 15.0 Å². The Kier molecular flexibility index (Phi) is 2.37. The molecule has 0 aromatic carbocycles. The zero-order chi connectivity index (χ0) is 10.7. The van der Waals surface area contributed by atoms with E-state index in [1.165, 1.54) is 0 Å². The SMILES string of the molecule is C=Nc1nc(N)ncc1-c1cccnc1. The molecule has 2 heterocycles. The van der Waals surface area contributed by atoms with Crippen LogP contribution >= 0.6 is 0 Å². The Balaban J connectivity index is 2.58. The quantitative estimate of drug-likeness (QED) is 0.742. The normalized spacial score (nSPS) is 9.87. The fourth-order valence-electron chi connectivity index (χ4n) is 1.23. The van der Waals surface area contributed by atoms with Crippen molar-refractivity contribution in [2.45, 2.75) is 0 Å². The molecule has 0 saturated heterocycles. The molecule has 0 bridgehead atoms. The van der Waals surface area contributed by atoms with Crippen LogP contribution in [-0.2, 0) is 0 Å². The van der Waals surface area contributed by atoms with Crippen LogP contribution in [0, 0.1) is 0 Å². The van der Waals surface area contributed by atoms with Gasteiger partial charge in [-0.2, -0.15) is 4.98 Å². The third kappa shape index (κ3) is 1.80. The van der Waals surface area contributed by atoms with Gasteiger partial charge in [-0.05, 0) is 12.8 Å². The molecule has 0 amide bonds. The van der Waals surface area contributed by atoms with E-state index in [-0.39, 0.29) is 5.95 Å². The molecule has 5 nitrogen and oxygen atoms in total. The first-order valence-electron chi connectivity index (χ1n) is 4.31. The van der Waals surface area contributed by atoms with Crippen molar-refractivity contribution < 1.29 is 0 Å². The van der Waals surface area contributed by atoms with Gasteiger partial charge in [-0.1, -0.05) is 6.07 Å². The molecule has 0 radical (unpaired) electrons. The van der Waals surface area contributed by atoms with Crippen LogP contribution in [0.4, 0.5) is 11.8 Å². The summed E-state index contributed by atoms with van der Waals surface area (Å²) in [6.45, 7) is 3.44. The van der Waals surface area contributed by atoms with Crippen LogP contribution < -0.4 is 5.73 Å². The van der Waals surface area contributed by atoms with Gasteiger partial charge in [0.1, 0.15) is 0 Å². The summed E-state index contributed by atoms with van der Waals surface area (Å²) in [7, 11) is 0. The second kappa shape index (κ2) is 3.83. The molecular weight excluding hydrogens is 190 g/mol. The van der Waals surface area contributed by atoms with Crippen LogP contribution in [0.25, 0.3) is 11.1 Å². The second-order valence-corrected chi connectivity index (χ2v) is 2.87. The molecule has 2 rings (SSSR count). The van der Waals surface area contributed by atoms with Crippen LogP contribution in [0.2, 0.25) is 0 Å². The highest BCUT2D eigenvalue weighted by Gasteiger charge is 2.06. The Bertz CT molecular complexity index is 480. The van der Waals surface area contributed by atoms with Crippen molar-refractivity contribution in [2.75, 3.05) is 5.73 Å². The molecule has 0 atom stereocenters. The van der Waals surface area contributed by atoms with Crippen molar-refractivity contribution in [3.8, 4) is 11.1 Å². The molecule has 0 aliphatic heterocycles. The van der Waals surface area contributed by atoms with E-state index in [0.717, 1.165) is 11.1 Å². The third-order valence-electron chi connectivity index (χ3n) is 1.91. The van der Waals surface area contributed by atoms with E-state index in [0.29, 0.717) is 5.82 Å². The maximum absolute atomic E-state index is 5.46. The van der Waals surface area contributed by atoms with Crippen molar-refractivity contribution >= 4 is 18.5 Å². The lowest BCUT2D eigenvalue weighted by atomic mass is 10.1. The number of aromatic nitrogens is 3. The number of aliphatic imine (C=N–C) groups is 1. The minimum absolute atomic E-state index is 0.185. The predicted octanol–water partition coefficient (Wildman–Crippen LogP) is 1.45. The molecule has 2 aromatic heterocycles. The molecule has 0 aliphatic rings. The Hall–Kier alpha value is -2.30. The van der Waals surface area contributed by atoms with Crippen molar-refractivity contribution in [3.63, 3.8) is 0 Å². The summed E-state index contributed by atoms with van der Waals surface area (Å²) in [5.74, 6) is 0.653. The van der Waals surface area contributed by atoms with Crippen molar-refractivity contribution in [1.29, 1.82) is 0 Å². The zero-order valence-electron chi connectivity index (χ0n) is 7.96. The van der Waals surface area contributed by atoms with E-state index in [9.17, 15) is 0 Å². The number of pyridine rings is 1. The number of anilines is 1. The average Bonchev–Trinajstić information content (AvgIpc) is 2.30. The molecule has 2 aromatic rings. The first-order chi connectivity index (χ1) is 7.31. The fraction of sp³-hybridized carbons (Fsp3) is 0.